The molecule has 5 heteroatoms. The molecule has 2 heterocycles. The Morgan fingerprint density at radius 1 is 1.13 bits per heavy atom. The summed E-state index contributed by atoms with van der Waals surface area (Å²) >= 11 is 0. The van der Waals surface area contributed by atoms with Crippen LogP contribution in [0.5, 0.6) is 11.5 Å². The van der Waals surface area contributed by atoms with Crippen molar-refractivity contribution < 1.29 is 23.8 Å². The largest absolute Gasteiger partial charge is 0.466 e. The summed E-state index contributed by atoms with van der Waals surface area (Å²) in [6, 6.07) is 14.5. The Morgan fingerprint density at radius 3 is 2.61 bits per heavy atom. The van der Waals surface area contributed by atoms with Gasteiger partial charge < -0.3 is 14.2 Å². The van der Waals surface area contributed by atoms with E-state index in [2.05, 4.69) is 0 Å². The summed E-state index contributed by atoms with van der Waals surface area (Å²) in [5, 5.41) is 0. The van der Waals surface area contributed by atoms with E-state index in [1.54, 1.807) is 18.2 Å². The van der Waals surface area contributed by atoms with E-state index < -0.39 is 23.5 Å². The van der Waals surface area contributed by atoms with Crippen molar-refractivity contribution in [3.8, 4) is 11.5 Å². The molecule has 2 aliphatic rings. The summed E-state index contributed by atoms with van der Waals surface area (Å²) < 4.78 is 16.6. The van der Waals surface area contributed by atoms with Crippen molar-refractivity contribution in [1.82, 2.24) is 0 Å². The van der Waals surface area contributed by atoms with Crippen molar-refractivity contribution in [3.63, 3.8) is 0 Å². The summed E-state index contributed by atoms with van der Waals surface area (Å²) in [6.45, 7) is 0. The normalized spacial score (nSPS) is 24.4. The molecule has 0 saturated carbocycles. The van der Waals surface area contributed by atoms with E-state index in [1.807, 2.05) is 30.3 Å². The molecular formula is C18H14O5. The van der Waals surface area contributed by atoms with Gasteiger partial charge in [0.1, 0.15) is 11.5 Å². The first-order valence-electron chi connectivity index (χ1n) is 7.33. The SMILES string of the molecule is COC(=O)C12OC(=O)CC1c1ccccc1Oc1ccccc12. The molecule has 23 heavy (non-hydrogen) atoms. The van der Waals surface area contributed by atoms with Crippen LogP contribution in [-0.4, -0.2) is 19.0 Å². The first-order chi connectivity index (χ1) is 11.2. The molecule has 116 valence electrons. The molecule has 2 aromatic rings. The van der Waals surface area contributed by atoms with Crippen LogP contribution >= 0.6 is 0 Å². The highest BCUT2D eigenvalue weighted by molar-refractivity contribution is 5.91. The fraction of sp³-hybridized carbons (Fsp3) is 0.222. The zero-order valence-electron chi connectivity index (χ0n) is 12.4. The van der Waals surface area contributed by atoms with Gasteiger partial charge in [0.15, 0.2) is 0 Å². The van der Waals surface area contributed by atoms with Crippen molar-refractivity contribution in [2.75, 3.05) is 7.11 Å². The van der Waals surface area contributed by atoms with E-state index in [9.17, 15) is 9.59 Å². The number of ether oxygens (including phenoxy) is 3. The Morgan fingerprint density at radius 2 is 1.83 bits per heavy atom. The van der Waals surface area contributed by atoms with Gasteiger partial charge in [-0.1, -0.05) is 36.4 Å². The lowest BCUT2D eigenvalue weighted by atomic mass is 9.77. The third-order valence-electron chi connectivity index (χ3n) is 4.43. The van der Waals surface area contributed by atoms with Crippen molar-refractivity contribution in [2.45, 2.75) is 17.9 Å². The Labute approximate surface area is 132 Å². The molecule has 2 aromatic carbocycles. The number of hydrogen-bond acceptors (Lipinski definition) is 5. The monoisotopic (exact) mass is 310 g/mol. The van der Waals surface area contributed by atoms with Crippen LogP contribution in [0.3, 0.4) is 0 Å². The van der Waals surface area contributed by atoms with Crippen molar-refractivity contribution in [3.05, 3.63) is 59.7 Å². The summed E-state index contributed by atoms with van der Waals surface area (Å²) in [6.07, 6.45) is 0.101. The van der Waals surface area contributed by atoms with Gasteiger partial charge in [-0.25, -0.2) is 4.79 Å². The number of methoxy groups -OCH3 is 1. The van der Waals surface area contributed by atoms with E-state index in [1.165, 1.54) is 7.11 Å². The number of rotatable bonds is 1. The molecule has 0 N–H and O–H groups in total. The third kappa shape index (κ3) is 1.79. The molecule has 0 bridgehead atoms. The quantitative estimate of drug-likeness (QED) is 0.758. The molecule has 0 radical (unpaired) electrons. The molecule has 4 rings (SSSR count). The molecule has 5 nitrogen and oxygen atoms in total. The summed E-state index contributed by atoms with van der Waals surface area (Å²) in [7, 11) is 1.29. The fourth-order valence-corrected chi connectivity index (χ4v) is 3.46. The molecule has 2 atom stereocenters. The predicted molar refractivity (Wildman–Crippen MR) is 80.1 cm³/mol. The van der Waals surface area contributed by atoms with Gasteiger partial charge in [-0.2, -0.15) is 0 Å². The molecule has 1 fully saturated rings. The second-order valence-electron chi connectivity index (χ2n) is 5.59. The van der Waals surface area contributed by atoms with Gasteiger partial charge in [0.25, 0.3) is 0 Å². The highest BCUT2D eigenvalue weighted by Gasteiger charge is 2.60. The maximum Gasteiger partial charge on any atom is 0.355 e. The number of benzene rings is 2. The topological polar surface area (TPSA) is 61.8 Å². The first-order valence-corrected chi connectivity index (χ1v) is 7.33. The smallest absolute Gasteiger partial charge is 0.355 e. The summed E-state index contributed by atoms with van der Waals surface area (Å²) in [5.41, 5.74) is -0.228. The van der Waals surface area contributed by atoms with Gasteiger partial charge in [-0.3, -0.25) is 4.79 Å². The van der Waals surface area contributed by atoms with E-state index in [4.69, 9.17) is 14.2 Å². The highest BCUT2D eigenvalue weighted by atomic mass is 16.6. The lowest BCUT2D eigenvalue weighted by molar-refractivity contribution is -0.174. The number of carbonyl (C=O) groups excluding carboxylic acids is 2. The zero-order valence-corrected chi connectivity index (χ0v) is 12.4. The van der Waals surface area contributed by atoms with Crippen molar-refractivity contribution in [2.24, 2.45) is 0 Å². The summed E-state index contributed by atoms with van der Waals surface area (Å²) in [4.78, 5) is 24.8. The average molecular weight is 310 g/mol. The van der Waals surface area contributed by atoms with Gasteiger partial charge in [-0.15, -0.1) is 0 Å². The van der Waals surface area contributed by atoms with Crippen LogP contribution in [0.25, 0.3) is 0 Å². The van der Waals surface area contributed by atoms with Crippen LogP contribution in [0.2, 0.25) is 0 Å². The van der Waals surface area contributed by atoms with Crippen LogP contribution in [0.4, 0.5) is 0 Å². The standard InChI is InChI=1S/C18H14O5/c1-21-17(20)18-12-7-3-5-9-15(12)22-14-8-4-2-6-11(14)13(18)10-16(19)23-18/h2-9,13H,10H2,1H3. The molecule has 0 aliphatic carbocycles. The molecule has 1 saturated heterocycles. The Hall–Kier alpha value is -2.82. The minimum atomic E-state index is -1.50. The molecule has 0 amide bonds. The molecule has 0 spiro atoms. The van der Waals surface area contributed by atoms with Crippen LogP contribution in [0.1, 0.15) is 23.5 Å². The van der Waals surface area contributed by atoms with Crippen LogP contribution < -0.4 is 4.74 Å². The number of fused-ring (bicyclic) bond motifs is 5. The minimum Gasteiger partial charge on any atom is -0.466 e. The number of hydrogen-bond donors (Lipinski definition) is 0. The molecule has 2 unspecified atom stereocenters. The lowest BCUT2D eigenvalue weighted by Gasteiger charge is -2.30. The Bertz CT molecular complexity index is 813. The van der Waals surface area contributed by atoms with Gasteiger partial charge in [0.05, 0.1) is 25.0 Å². The third-order valence-corrected chi connectivity index (χ3v) is 4.43. The van der Waals surface area contributed by atoms with Crippen molar-refractivity contribution >= 4 is 11.9 Å². The maximum atomic E-state index is 12.7. The number of para-hydroxylation sites is 2. The fourth-order valence-electron chi connectivity index (χ4n) is 3.46. The van der Waals surface area contributed by atoms with E-state index in [0.717, 1.165) is 5.56 Å². The van der Waals surface area contributed by atoms with Gasteiger partial charge in [0.2, 0.25) is 5.60 Å². The first kappa shape index (κ1) is 13.8. The Kier molecular flexibility index (Phi) is 2.91. The van der Waals surface area contributed by atoms with Gasteiger partial charge in [-0.05, 0) is 12.1 Å². The van der Waals surface area contributed by atoms with Gasteiger partial charge >= 0.3 is 11.9 Å². The summed E-state index contributed by atoms with van der Waals surface area (Å²) in [5.74, 6) is -0.396. The maximum absolute atomic E-state index is 12.7. The van der Waals surface area contributed by atoms with Crippen LogP contribution in [0.15, 0.2) is 48.5 Å². The molecule has 0 aromatic heterocycles. The van der Waals surface area contributed by atoms with E-state index in [0.29, 0.717) is 17.1 Å². The predicted octanol–water partition coefficient (Wildman–Crippen LogP) is 2.89. The van der Waals surface area contributed by atoms with Crippen LogP contribution in [0, 0.1) is 0 Å². The highest BCUT2D eigenvalue weighted by Crippen LogP contribution is 2.55. The van der Waals surface area contributed by atoms with E-state index >= 15 is 0 Å². The van der Waals surface area contributed by atoms with E-state index in [-0.39, 0.29) is 6.42 Å². The van der Waals surface area contributed by atoms with Crippen LogP contribution in [-0.2, 0) is 24.7 Å². The number of carbonyl (C=O) groups is 2. The average Bonchev–Trinajstić information content (AvgIpc) is 2.88. The minimum absolute atomic E-state index is 0.101. The number of esters is 2. The van der Waals surface area contributed by atoms with Gasteiger partial charge in [0, 0.05) is 5.56 Å². The molecule has 2 aliphatic heterocycles. The lowest BCUT2D eigenvalue weighted by Crippen LogP contribution is -2.40. The molecular weight excluding hydrogens is 296 g/mol. The second-order valence-corrected chi connectivity index (χ2v) is 5.59. The van der Waals surface area contributed by atoms with Crippen molar-refractivity contribution in [1.29, 1.82) is 0 Å². The zero-order chi connectivity index (χ0) is 16.0. The Balaban J connectivity index is 2.07. The second kappa shape index (κ2) is 4.84.